The van der Waals surface area contributed by atoms with Crippen LogP contribution in [0.1, 0.15) is 16.1 Å². The highest BCUT2D eigenvalue weighted by Crippen LogP contribution is 2.21. The van der Waals surface area contributed by atoms with E-state index in [9.17, 15) is 9.59 Å². The molecule has 0 aliphatic carbocycles. The first-order chi connectivity index (χ1) is 13.0. The molecule has 1 heterocycles. The zero-order valence-corrected chi connectivity index (χ0v) is 15.4. The molecule has 0 bridgehead atoms. The normalized spacial score (nSPS) is 11.1. The Morgan fingerprint density at radius 2 is 1.74 bits per heavy atom. The largest absolute Gasteiger partial charge is 0.465 e. The van der Waals surface area contributed by atoms with Gasteiger partial charge in [0.1, 0.15) is 11.5 Å². The van der Waals surface area contributed by atoms with Crippen molar-refractivity contribution in [2.24, 2.45) is 0 Å². The molecule has 2 aromatic carbocycles. The molecule has 7 heteroatoms. The average Bonchev–Trinajstić information content (AvgIpc) is 3.15. The molecule has 0 fully saturated rings. The third kappa shape index (κ3) is 5.00. The van der Waals surface area contributed by atoms with Crippen molar-refractivity contribution in [3.8, 4) is 0 Å². The van der Waals surface area contributed by atoms with Gasteiger partial charge < -0.3 is 15.1 Å². The van der Waals surface area contributed by atoms with Crippen molar-refractivity contribution in [1.29, 1.82) is 0 Å². The minimum Gasteiger partial charge on any atom is -0.465 e. The second kappa shape index (κ2) is 8.58. The van der Waals surface area contributed by atoms with Crippen LogP contribution in [0.15, 0.2) is 77.0 Å². The Labute approximate surface area is 165 Å². The summed E-state index contributed by atoms with van der Waals surface area (Å²) in [5.74, 6) is -0.635. The van der Waals surface area contributed by atoms with Crippen LogP contribution in [-0.4, -0.2) is 11.8 Å². The summed E-state index contributed by atoms with van der Waals surface area (Å²) in [5, 5.41) is 5.88. The summed E-state index contributed by atoms with van der Waals surface area (Å²) in [6, 6.07) is 16.7. The van der Waals surface area contributed by atoms with Crippen LogP contribution in [0.3, 0.4) is 0 Å². The first kappa shape index (κ1) is 18.8. The van der Waals surface area contributed by atoms with Crippen LogP contribution >= 0.6 is 23.2 Å². The molecule has 3 rings (SSSR count). The van der Waals surface area contributed by atoms with E-state index < -0.39 is 11.8 Å². The number of hydrogen-bond acceptors (Lipinski definition) is 3. The standard InChI is InChI=1S/C20H14Cl2N2O3/c21-13-8-9-16(17(22)11-13)19(25)24-18(12-15-7-4-10-27-15)20(26)23-14-5-2-1-3-6-14/h1-12H,(H,23,26)(H,24,25)/b18-12+. The van der Waals surface area contributed by atoms with Gasteiger partial charge in [0.2, 0.25) is 0 Å². The Morgan fingerprint density at radius 1 is 0.963 bits per heavy atom. The maximum Gasteiger partial charge on any atom is 0.272 e. The van der Waals surface area contributed by atoms with E-state index in [0.717, 1.165) is 0 Å². The van der Waals surface area contributed by atoms with Crippen LogP contribution in [0.5, 0.6) is 0 Å². The number of carbonyl (C=O) groups is 2. The number of anilines is 1. The van der Waals surface area contributed by atoms with Gasteiger partial charge in [-0.05, 0) is 42.5 Å². The van der Waals surface area contributed by atoms with Gasteiger partial charge in [-0.3, -0.25) is 9.59 Å². The predicted octanol–water partition coefficient (Wildman–Crippen LogP) is 5.00. The molecule has 0 atom stereocenters. The molecule has 1 aromatic heterocycles. The van der Waals surface area contributed by atoms with Gasteiger partial charge in [0.25, 0.3) is 11.8 Å². The van der Waals surface area contributed by atoms with Gasteiger partial charge >= 0.3 is 0 Å². The van der Waals surface area contributed by atoms with E-state index in [2.05, 4.69) is 10.6 Å². The summed E-state index contributed by atoms with van der Waals surface area (Å²) in [6.45, 7) is 0. The zero-order chi connectivity index (χ0) is 19.2. The van der Waals surface area contributed by atoms with Crippen molar-refractivity contribution in [2.45, 2.75) is 0 Å². The molecular weight excluding hydrogens is 387 g/mol. The van der Waals surface area contributed by atoms with Crippen molar-refractivity contribution < 1.29 is 14.0 Å². The van der Waals surface area contributed by atoms with Crippen LogP contribution in [-0.2, 0) is 4.79 Å². The molecule has 3 aromatic rings. The number of para-hydroxylation sites is 1. The van der Waals surface area contributed by atoms with Crippen molar-refractivity contribution >= 4 is 46.8 Å². The molecule has 27 heavy (non-hydrogen) atoms. The summed E-state index contributed by atoms with van der Waals surface area (Å²) in [5.41, 5.74) is 0.787. The number of benzene rings is 2. The molecular formula is C20H14Cl2N2O3. The molecule has 5 nitrogen and oxygen atoms in total. The van der Waals surface area contributed by atoms with Gasteiger partial charge in [0, 0.05) is 16.8 Å². The van der Waals surface area contributed by atoms with Gasteiger partial charge in [0.15, 0.2) is 0 Å². The zero-order valence-electron chi connectivity index (χ0n) is 13.9. The van der Waals surface area contributed by atoms with E-state index >= 15 is 0 Å². The minimum atomic E-state index is -0.544. The van der Waals surface area contributed by atoms with Crippen LogP contribution in [0.25, 0.3) is 6.08 Å². The molecule has 0 aliphatic rings. The molecule has 0 unspecified atom stereocenters. The summed E-state index contributed by atoms with van der Waals surface area (Å²) in [7, 11) is 0. The molecule has 0 spiro atoms. The van der Waals surface area contributed by atoms with E-state index in [-0.39, 0.29) is 16.3 Å². The molecule has 0 radical (unpaired) electrons. The molecule has 0 saturated carbocycles. The van der Waals surface area contributed by atoms with Crippen LogP contribution < -0.4 is 10.6 Å². The van der Waals surface area contributed by atoms with Crippen LogP contribution in [0.2, 0.25) is 10.0 Å². The van der Waals surface area contributed by atoms with Crippen molar-refractivity contribution in [1.82, 2.24) is 5.32 Å². The van der Waals surface area contributed by atoms with E-state index in [1.165, 1.54) is 24.5 Å². The highest BCUT2D eigenvalue weighted by molar-refractivity contribution is 6.36. The van der Waals surface area contributed by atoms with E-state index in [1.54, 1.807) is 42.5 Å². The average molecular weight is 401 g/mol. The van der Waals surface area contributed by atoms with Crippen molar-refractivity contribution in [3.05, 3.63) is 94.0 Å². The van der Waals surface area contributed by atoms with Gasteiger partial charge in [0.05, 0.1) is 16.8 Å². The minimum absolute atomic E-state index is 0.00446. The van der Waals surface area contributed by atoms with E-state index in [1.807, 2.05) is 6.07 Å². The van der Waals surface area contributed by atoms with Crippen LogP contribution in [0.4, 0.5) is 5.69 Å². The maximum atomic E-state index is 12.7. The number of amides is 2. The number of furan rings is 1. The summed E-state index contributed by atoms with van der Waals surface area (Å²) in [4.78, 5) is 25.2. The monoisotopic (exact) mass is 400 g/mol. The summed E-state index contributed by atoms with van der Waals surface area (Å²) in [6.07, 6.45) is 2.90. The Morgan fingerprint density at radius 3 is 2.41 bits per heavy atom. The molecule has 0 aliphatic heterocycles. The fourth-order valence-corrected chi connectivity index (χ4v) is 2.75. The number of hydrogen-bond donors (Lipinski definition) is 2. The highest BCUT2D eigenvalue weighted by atomic mass is 35.5. The lowest BCUT2D eigenvalue weighted by Gasteiger charge is -2.11. The fraction of sp³-hybridized carbons (Fsp3) is 0. The molecule has 2 amide bonds. The lowest BCUT2D eigenvalue weighted by Crippen LogP contribution is -2.30. The third-order valence-electron chi connectivity index (χ3n) is 3.53. The van der Waals surface area contributed by atoms with Crippen molar-refractivity contribution in [3.63, 3.8) is 0 Å². The predicted molar refractivity (Wildman–Crippen MR) is 106 cm³/mol. The Bertz CT molecular complexity index is 984. The summed E-state index contributed by atoms with van der Waals surface area (Å²) < 4.78 is 5.24. The maximum absolute atomic E-state index is 12.7. The number of halogens is 2. The van der Waals surface area contributed by atoms with Gasteiger partial charge in [-0.15, -0.1) is 0 Å². The SMILES string of the molecule is O=C(Nc1ccccc1)/C(=C\c1ccco1)NC(=O)c1ccc(Cl)cc1Cl. The highest BCUT2D eigenvalue weighted by Gasteiger charge is 2.17. The molecule has 136 valence electrons. The molecule has 0 saturated heterocycles. The first-order valence-electron chi connectivity index (χ1n) is 7.91. The van der Waals surface area contributed by atoms with Crippen LogP contribution in [0, 0.1) is 0 Å². The molecule has 2 N–H and O–H groups in total. The van der Waals surface area contributed by atoms with Gasteiger partial charge in [-0.1, -0.05) is 41.4 Å². The lowest BCUT2D eigenvalue weighted by molar-refractivity contribution is -0.113. The quantitative estimate of drug-likeness (QED) is 0.592. The van der Waals surface area contributed by atoms with Crippen molar-refractivity contribution in [2.75, 3.05) is 5.32 Å². The lowest BCUT2D eigenvalue weighted by atomic mass is 10.2. The fourth-order valence-electron chi connectivity index (χ4n) is 2.26. The van der Waals surface area contributed by atoms with E-state index in [0.29, 0.717) is 16.5 Å². The second-order valence-electron chi connectivity index (χ2n) is 5.47. The number of nitrogens with one attached hydrogen (secondary N) is 2. The Kier molecular flexibility index (Phi) is 5.96. The number of carbonyl (C=O) groups excluding carboxylic acids is 2. The third-order valence-corrected chi connectivity index (χ3v) is 4.08. The number of rotatable bonds is 5. The Hall–Kier alpha value is -3.02. The van der Waals surface area contributed by atoms with E-state index in [4.69, 9.17) is 27.6 Å². The first-order valence-corrected chi connectivity index (χ1v) is 8.66. The Balaban J connectivity index is 1.86. The smallest absolute Gasteiger partial charge is 0.272 e. The van der Waals surface area contributed by atoms with Gasteiger partial charge in [-0.2, -0.15) is 0 Å². The summed E-state index contributed by atoms with van der Waals surface area (Å²) >= 11 is 11.9. The second-order valence-corrected chi connectivity index (χ2v) is 6.32. The van der Waals surface area contributed by atoms with Gasteiger partial charge in [-0.25, -0.2) is 0 Å². The topological polar surface area (TPSA) is 71.3 Å².